The number of hydrogen-bond acceptors (Lipinski definition) is 3. The molecule has 0 aromatic heterocycles. The molecule has 0 fully saturated rings. The molecule has 0 spiro atoms. The van der Waals surface area contributed by atoms with Crippen molar-refractivity contribution in [2.75, 3.05) is 5.32 Å². The number of nitro benzene ring substituents is 1. The van der Waals surface area contributed by atoms with Crippen LogP contribution in [-0.4, -0.2) is 10.8 Å². The SMILES string of the molecule is Cc1ccc(F)cc1NC(=O)c1cccc(C)c1[N+](=O)[O-]. The largest absolute Gasteiger partial charge is 0.321 e. The lowest BCUT2D eigenvalue weighted by Crippen LogP contribution is -2.15. The predicted octanol–water partition coefficient (Wildman–Crippen LogP) is 3.60. The maximum atomic E-state index is 13.2. The van der Waals surface area contributed by atoms with E-state index in [2.05, 4.69) is 5.32 Å². The highest BCUT2D eigenvalue weighted by molar-refractivity contribution is 6.07. The first-order valence-electron chi connectivity index (χ1n) is 6.21. The Morgan fingerprint density at radius 3 is 2.57 bits per heavy atom. The van der Waals surface area contributed by atoms with Crippen molar-refractivity contribution >= 4 is 17.3 Å². The van der Waals surface area contributed by atoms with Gasteiger partial charge in [-0.05, 0) is 37.6 Å². The van der Waals surface area contributed by atoms with Crippen LogP contribution in [0.4, 0.5) is 15.8 Å². The molecule has 108 valence electrons. The minimum absolute atomic E-state index is 0.0522. The number of halogens is 1. The molecule has 1 amide bonds. The van der Waals surface area contributed by atoms with E-state index in [0.29, 0.717) is 11.1 Å². The molecule has 0 unspecified atom stereocenters. The van der Waals surface area contributed by atoms with Gasteiger partial charge in [-0.2, -0.15) is 0 Å². The lowest BCUT2D eigenvalue weighted by atomic mass is 10.1. The third kappa shape index (κ3) is 3.05. The van der Waals surface area contributed by atoms with Crippen LogP contribution in [0.15, 0.2) is 36.4 Å². The van der Waals surface area contributed by atoms with Crippen LogP contribution in [0.3, 0.4) is 0 Å². The monoisotopic (exact) mass is 288 g/mol. The summed E-state index contributed by atoms with van der Waals surface area (Å²) in [5.74, 6) is -1.13. The van der Waals surface area contributed by atoms with E-state index in [1.165, 1.54) is 24.3 Å². The number of nitrogens with zero attached hydrogens (tertiary/aromatic N) is 1. The molecule has 6 heteroatoms. The number of aryl methyl sites for hydroxylation is 2. The molecule has 0 radical (unpaired) electrons. The maximum absolute atomic E-state index is 13.2. The molecule has 0 aliphatic heterocycles. The summed E-state index contributed by atoms with van der Waals surface area (Å²) in [7, 11) is 0. The summed E-state index contributed by atoms with van der Waals surface area (Å²) < 4.78 is 13.2. The average molecular weight is 288 g/mol. The summed E-state index contributed by atoms with van der Waals surface area (Å²) in [5.41, 5.74) is 1.05. The van der Waals surface area contributed by atoms with Gasteiger partial charge in [0.2, 0.25) is 0 Å². The first-order valence-corrected chi connectivity index (χ1v) is 6.21. The molecule has 2 aromatic rings. The van der Waals surface area contributed by atoms with Crippen LogP contribution in [0.25, 0.3) is 0 Å². The second-order valence-corrected chi connectivity index (χ2v) is 4.64. The van der Waals surface area contributed by atoms with E-state index in [-0.39, 0.29) is 16.9 Å². The predicted molar refractivity (Wildman–Crippen MR) is 76.9 cm³/mol. The molecular weight excluding hydrogens is 275 g/mol. The third-order valence-corrected chi connectivity index (χ3v) is 3.11. The molecule has 0 heterocycles. The van der Waals surface area contributed by atoms with Crippen molar-refractivity contribution in [2.24, 2.45) is 0 Å². The van der Waals surface area contributed by atoms with Gasteiger partial charge in [0, 0.05) is 11.3 Å². The van der Waals surface area contributed by atoms with E-state index in [1.807, 2.05) is 0 Å². The van der Waals surface area contributed by atoms with Gasteiger partial charge in [-0.25, -0.2) is 4.39 Å². The molecule has 1 N–H and O–H groups in total. The highest BCUT2D eigenvalue weighted by Crippen LogP contribution is 2.25. The number of rotatable bonds is 3. The molecule has 2 rings (SSSR count). The summed E-state index contributed by atoms with van der Waals surface area (Å²) in [6.07, 6.45) is 0. The number of nitro groups is 1. The van der Waals surface area contributed by atoms with Gasteiger partial charge in [-0.3, -0.25) is 14.9 Å². The first-order chi connectivity index (χ1) is 9.90. The van der Waals surface area contributed by atoms with Crippen LogP contribution in [0, 0.1) is 29.8 Å². The Morgan fingerprint density at radius 1 is 1.19 bits per heavy atom. The van der Waals surface area contributed by atoms with Gasteiger partial charge in [-0.1, -0.05) is 18.2 Å². The normalized spacial score (nSPS) is 10.2. The topological polar surface area (TPSA) is 72.2 Å². The molecule has 0 aliphatic carbocycles. The smallest absolute Gasteiger partial charge is 0.285 e. The molecular formula is C15H13FN2O3. The van der Waals surface area contributed by atoms with E-state index in [1.54, 1.807) is 26.0 Å². The summed E-state index contributed by atoms with van der Waals surface area (Å²) in [6.45, 7) is 3.27. The number of carbonyl (C=O) groups is 1. The molecule has 0 atom stereocenters. The summed E-state index contributed by atoms with van der Waals surface area (Å²) in [5, 5.41) is 13.6. The molecule has 21 heavy (non-hydrogen) atoms. The maximum Gasteiger partial charge on any atom is 0.285 e. The van der Waals surface area contributed by atoms with Gasteiger partial charge in [0.05, 0.1) is 4.92 Å². The average Bonchev–Trinajstić information content (AvgIpc) is 2.42. The van der Waals surface area contributed by atoms with Gasteiger partial charge in [0.1, 0.15) is 11.4 Å². The Bertz CT molecular complexity index is 729. The van der Waals surface area contributed by atoms with Crippen LogP contribution in [0.2, 0.25) is 0 Å². The zero-order chi connectivity index (χ0) is 15.6. The Balaban J connectivity index is 2.40. The Labute approximate surface area is 120 Å². The van der Waals surface area contributed by atoms with Crippen LogP contribution in [0.5, 0.6) is 0 Å². The quantitative estimate of drug-likeness (QED) is 0.692. The summed E-state index contributed by atoms with van der Waals surface area (Å²) in [4.78, 5) is 22.7. The van der Waals surface area contributed by atoms with Crippen molar-refractivity contribution in [3.05, 3.63) is 69.0 Å². The van der Waals surface area contributed by atoms with E-state index < -0.39 is 16.6 Å². The number of para-hydroxylation sites is 1. The molecule has 0 saturated heterocycles. The highest BCUT2D eigenvalue weighted by atomic mass is 19.1. The van der Waals surface area contributed by atoms with Crippen molar-refractivity contribution in [3.8, 4) is 0 Å². The van der Waals surface area contributed by atoms with E-state index in [4.69, 9.17) is 0 Å². The summed E-state index contributed by atoms with van der Waals surface area (Å²) in [6, 6.07) is 8.47. The minimum atomic E-state index is -0.640. The van der Waals surface area contributed by atoms with E-state index in [9.17, 15) is 19.3 Å². The Kier molecular flexibility index (Phi) is 3.98. The van der Waals surface area contributed by atoms with E-state index >= 15 is 0 Å². The molecule has 0 bridgehead atoms. The number of nitrogens with one attached hydrogen (secondary N) is 1. The van der Waals surface area contributed by atoms with Crippen LogP contribution in [0.1, 0.15) is 21.5 Å². The zero-order valence-corrected chi connectivity index (χ0v) is 11.5. The molecule has 0 saturated carbocycles. The standard InChI is InChI=1S/C15H13FN2O3/c1-9-6-7-11(16)8-13(9)17-15(19)12-5-3-4-10(2)14(12)18(20)21/h3-8H,1-2H3,(H,17,19). The minimum Gasteiger partial charge on any atom is -0.321 e. The van der Waals surface area contributed by atoms with Gasteiger partial charge in [0.15, 0.2) is 0 Å². The van der Waals surface area contributed by atoms with Gasteiger partial charge >= 0.3 is 0 Å². The number of carbonyl (C=O) groups excluding carboxylic acids is 1. The fourth-order valence-corrected chi connectivity index (χ4v) is 2.00. The second kappa shape index (κ2) is 5.70. The van der Waals surface area contributed by atoms with Gasteiger partial charge in [0.25, 0.3) is 11.6 Å². The van der Waals surface area contributed by atoms with Crippen molar-refractivity contribution in [1.29, 1.82) is 0 Å². The fourth-order valence-electron chi connectivity index (χ4n) is 2.00. The molecule has 0 aliphatic rings. The number of benzene rings is 2. The number of amides is 1. The zero-order valence-electron chi connectivity index (χ0n) is 11.5. The van der Waals surface area contributed by atoms with E-state index in [0.717, 1.165) is 0 Å². The van der Waals surface area contributed by atoms with Gasteiger partial charge < -0.3 is 5.32 Å². The van der Waals surface area contributed by atoms with Crippen molar-refractivity contribution in [3.63, 3.8) is 0 Å². The lowest BCUT2D eigenvalue weighted by Gasteiger charge is -2.09. The fraction of sp³-hybridized carbons (Fsp3) is 0.133. The van der Waals surface area contributed by atoms with Crippen molar-refractivity contribution in [2.45, 2.75) is 13.8 Å². The summed E-state index contributed by atoms with van der Waals surface area (Å²) >= 11 is 0. The molecule has 2 aromatic carbocycles. The second-order valence-electron chi connectivity index (χ2n) is 4.64. The van der Waals surface area contributed by atoms with Gasteiger partial charge in [-0.15, -0.1) is 0 Å². The lowest BCUT2D eigenvalue weighted by molar-refractivity contribution is -0.385. The van der Waals surface area contributed by atoms with Crippen LogP contribution >= 0.6 is 0 Å². The van der Waals surface area contributed by atoms with Crippen LogP contribution < -0.4 is 5.32 Å². The third-order valence-electron chi connectivity index (χ3n) is 3.11. The molecule has 5 nitrogen and oxygen atoms in total. The highest BCUT2D eigenvalue weighted by Gasteiger charge is 2.22. The van der Waals surface area contributed by atoms with Crippen molar-refractivity contribution in [1.82, 2.24) is 0 Å². The number of hydrogen-bond donors (Lipinski definition) is 1. The Morgan fingerprint density at radius 2 is 1.90 bits per heavy atom. The number of anilines is 1. The van der Waals surface area contributed by atoms with Crippen molar-refractivity contribution < 1.29 is 14.1 Å². The van der Waals surface area contributed by atoms with Crippen LogP contribution in [-0.2, 0) is 0 Å². The Hall–Kier alpha value is -2.76. The first kappa shape index (κ1) is 14.6.